The molecule has 4 heteroatoms. The molecule has 0 aliphatic heterocycles. The van der Waals surface area contributed by atoms with Crippen LogP contribution in [0.1, 0.15) is 21.5 Å². The normalized spacial score (nSPS) is 12.2. The van der Waals surface area contributed by atoms with Crippen LogP contribution in [0.25, 0.3) is 22.5 Å². The number of rotatable bonds is 2. The Balaban J connectivity index is 1.90. The third-order valence-electron chi connectivity index (χ3n) is 3.57. The number of nitrogens with one attached hydrogen (secondary N) is 1. The van der Waals surface area contributed by atoms with Gasteiger partial charge in [0, 0.05) is 34.1 Å². The van der Waals surface area contributed by atoms with Crippen molar-refractivity contribution in [3.8, 4) is 22.5 Å². The van der Waals surface area contributed by atoms with E-state index in [-0.39, 0.29) is 0 Å². The number of thiophene rings is 1. The van der Waals surface area contributed by atoms with Gasteiger partial charge in [-0.25, -0.2) is 0 Å². The molecule has 19 heavy (non-hydrogen) atoms. The average molecular weight is 266 g/mol. The highest BCUT2D eigenvalue weighted by Gasteiger charge is 2.25. The molecule has 1 aliphatic rings. The molecule has 0 fully saturated rings. The number of carbonyl (C=O) groups excluding carboxylic acids is 1. The summed E-state index contributed by atoms with van der Waals surface area (Å²) in [7, 11) is 0. The predicted octanol–water partition coefficient (Wildman–Crippen LogP) is 3.52. The second kappa shape index (κ2) is 3.90. The van der Waals surface area contributed by atoms with E-state index in [4.69, 9.17) is 0 Å². The summed E-state index contributed by atoms with van der Waals surface area (Å²) in [5.74, 6) is 0. The number of H-pyrrole nitrogens is 1. The fraction of sp³-hybridized carbons (Fsp3) is 0.0667. The molecule has 92 valence electrons. The van der Waals surface area contributed by atoms with Gasteiger partial charge in [-0.15, -0.1) is 0 Å². The Kier molecular flexibility index (Phi) is 2.19. The van der Waals surface area contributed by atoms with Gasteiger partial charge in [0.2, 0.25) is 0 Å². The molecule has 1 aromatic carbocycles. The van der Waals surface area contributed by atoms with Gasteiger partial charge in [0.25, 0.3) is 0 Å². The van der Waals surface area contributed by atoms with Crippen molar-refractivity contribution in [1.82, 2.24) is 10.2 Å². The van der Waals surface area contributed by atoms with Crippen LogP contribution in [0.4, 0.5) is 0 Å². The van der Waals surface area contributed by atoms with Gasteiger partial charge in [-0.05, 0) is 23.1 Å². The van der Waals surface area contributed by atoms with Crippen LogP contribution in [0.5, 0.6) is 0 Å². The quantitative estimate of drug-likeness (QED) is 0.564. The summed E-state index contributed by atoms with van der Waals surface area (Å²) in [5, 5.41) is 11.7. The molecular weight excluding hydrogens is 256 g/mol. The molecular formula is C15H10N2OS. The van der Waals surface area contributed by atoms with Crippen molar-refractivity contribution in [2.45, 2.75) is 6.42 Å². The maximum Gasteiger partial charge on any atom is 0.150 e. The van der Waals surface area contributed by atoms with Crippen molar-refractivity contribution < 1.29 is 4.79 Å². The van der Waals surface area contributed by atoms with Gasteiger partial charge in [-0.1, -0.05) is 12.1 Å². The molecule has 0 saturated carbocycles. The summed E-state index contributed by atoms with van der Waals surface area (Å²) in [6.07, 6.45) is 1.76. The Hall–Kier alpha value is -2.20. The molecule has 3 aromatic rings. The van der Waals surface area contributed by atoms with Crippen LogP contribution in [0.2, 0.25) is 0 Å². The highest BCUT2D eigenvalue weighted by Crippen LogP contribution is 2.40. The lowest BCUT2D eigenvalue weighted by molar-refractivity contribution is 0.112. The van der Waals surface area contributed by atoms with Gasteiger partial charge in [0.15, 0.2) is 0 Å². The number of aromatic amines is 1. The Morgan fingerprint density at radius 1 is 1.32 bits per heavy atom. The Morgan fingerprint density at radius 3 is 3.05 bits per heavy atom. The molecule has 0 amide bonds. The fourth-order valence-corrected chi connectivity index (χ4v) is 3.28. The first-order chi connectivity index (χ1) is 9.36. The number of aldehydes is 1. The van der Waals surface area contributed by atoms with E-state index in [1.54, 1.807) is 11.3 Å². The number of nitrogens with zero attached hydrogens (tertiary/aromatic N) is 1. The maximum atomic E-state index is 10.9. The summed E-state index contributed by atoms with van der Waals surface area (Å²) in [6, 6.07) is 7.92. The summed E-state index contributed by atoms with van der Waals surface area (Å²) in [5.41, 5.74) is 7.54. The lowest BCUT2D eigenvalue weighted by atomic mass is 10.1. The number of carbonyl (C=O) groups is 1. The number of hydrogen-bond acceptors (Lipinski definition) is 3. The molecule has 1 N–H and O–H groups in total. The Labute approximate surface area is 113 Å². The van der Waals surface area contributed by atoms with E-state index in [9.17, 15) is 4.79 Å². The van der Waals surface area contributed by atoms with Gasteiger partial charge < -0.3 is 0 Å². The molecule has 2 heterocycles. The van der Waals surface area contributed by atoms with Gasteiger partial charge in [0.1, 0.15) is 6.29 Å². The van der Waals surface area contributed by atoms with Gasteiger partial charge >= 0.3 is 0 Å². The average Bonchev–Trinajstić information content (AvgIpc) is 3.13. The zero-order valence-corrected chi connectivity index (χ0v) is 10.8. The Morgan fingerprint density at radius 2 is 2.26 bits per heavy atom. The van der Waals surface area contributed by atoms with Gasteiger partial charge in [0.05, 0.1) is 11.4 Å². The molecule has 0 spiro atoms. The van der Waals surface area contributed by atoms with Crippen molar-refractivity contribution in [3.05, 3.63) is 51.7 Å². The van der Waals surface area contributed by atoms with Crippen LogP contribution >= 0.6 is 11.3 Å². The minimum Gasteiger partial charge on any atom is -0.298 e. The predicted molar refractivity (Wildman–Crippen MR) is 75.5 cm³/mol. The molecule has 3 nitrogen and oxygen atoms in total. The van der Waals surface area contributed by atoms with Crippen LogP contribution in [0.3, 0.4) is 0 Å². The van der Waals surface area contributed by atoms with Crippen LogP contribution in [-0.4, -0.2) is 16.5 Å². The second-order valence-electron chi connectivity index (χ2n) is 4.65. The van der Waals surface area contributed by atoms with E-state index in [0.717, 1.165) is 35.2 Å². The van der Waals surface area contributed by atoms with E-state index >= 15 is 0 Å². The van der Waals surface area contributed by atoms with Gasteiger partial charge in [-0.2, -0.15) is 16.4 Å². The van der Waals surface area contributed by atoms with E-state index in [1.165, 1.54) is 11.1 Å². The van der Waals surface area contributed by atoms with E-state index < -0.39 is 0 Å². The number of benzene rings is 1. The first kappa shape index (κ1) is 10.7. The molecule has 2 aromatic heterocycles. The van der Waals surface area contributed by atoms with E-state index in [1.807, 2.05) is 18.2 Å². The van der Waals surface area contributed by atoms with E-state index in [0.29, 0.717) is 5.56 Å². The van der Waals surface area contributed by atoms with Gasteiger partial charge in [-0.3, -0.25) is 9.89 Å². The lowest BCUT2D eigenvalue weighted by Crippen LogP contribution is -1.87. The first-order valence-corrected chi connectivity index (χ1v) is 6.99. The number of aromatic nitrogens is 2. The summed E-state index contributed by atoms with van der Waals surface area (Å²) in [4.78, 5) is 10.9. The minimum absolute atomic E-state index is 0.707. The fourth-order valence-electron chi connectivity index (χ4n) is 2.64. The molecule has 0 unspecified atom stereocenters. The monoisotopic (exact) mass is 266 g/mol. The summed E-state index contributed by atoms with van der Waals surface area (Å²) >= 11 is 1.67. The van der Waals surface area contributed by atoms with Crippen molar-refractivity contribution in [3.63, 3.8) is 0 Å². The molecule has 0 radical (unpaired) electrons. The minimum atomic E-state index is 0.707. The molecule has 0 bridgehead atoms. The third-order valence-corrected chi connectivity index (χ3v) is 4.25. The topological polar surface area (TPSA) is 45.8 Å². The van der Waals surface area contributed by atoms with Crippen molar-refractivity contribution in [1.29, 1.82) is 0 Å². The zero-order chi connectivity index (χ0) is 12.8. The largest absolute Gasteiger partial charge is 0.298 e. The van der Waals surface area contributed by atoms with Crippen molar-refractivity contribution in [2.75, 3.05) is 0 Å². The van der Waals surface area contributed by atoms with E-state index in [2.05, 4.69) is 27.0 Å². The van der Waals surface area contributed by atoms with Crippen LogP contribution in [-0.2, 0) is 6.42 Å². The highest BCUT2D eigenvalue weighted by molar-refractivity contribution is 7.08. The molecule has 1 aliphatic carbocycles. The maximum absolute atomic E-state index is 10.9. The molecule has 0 saturated heterocycles. The van der Waals surface area contributed by atoms with Crippen LogP contribution < -0.4 is 0 Å². The smallest absolute Gasteiger partial charge is 0.150 e. The molecule has 0 atom stereocenters. The highest BCUT2D eigenvalue weighted by atomic mass is 32.1. The number of hydrogen-bond donors (Lipinski definition) is 1. The van der Waals surface area contributed by atoms with Crippen LogP contribution in [0, 0.1) is 0 Å². The second-order valence-corrected chi connectivity index (χ2v) is 5.43. The van der Waals surface area contributed by atoms with Crippen molar-refractivity contribution in [2.24, 2.45) is 0 Å². The summed E-state index contributed by atoms with van der Waals surface area (Å²) in [6.45, 7) is 0. The summed E-state index contributed by atoms with van der Waals surface area (Å²) < 4.78 is 0. The number of fused-ring (bicyclic) bond motifs is 3. The van der Waals surface area contributed by atoms with Crippen LogP contribution in [0.15, 0.2) is 35.0 Å². The Bertz CT molecular complexity index is 772. The SMILES string of the molecule is O=Cc1ccc2c(c1)-c1[nH]nc(-c3ccsc3)c1C2. The standard InChI is InChI=1S/C15H10N2OS/c18-7-9-1-2-10-6-13-14(11-3-4-19-8-11)16-17-15(13)12(10)5-9/h1-5,7-8H,6H2,(H,16,17). The van der Waals surface area contributed by atoms with Crippen molar-refractivity contribution >= 4 is 17.6 Å². The third kappa shape index (κ3) is 1.50. The first-order valence-electron chi connectivity index (χ1n) is 6.05. The lowest BCUT2D eigenvalue weighted by Gasteiger charge is -1.99. The zero-order valence-electron chi connectivity index (χ0n) is 10.0. The molecule has 4 rings (SSSR count).